The third kappa shape index (κ3) is 3.51. The number of hydrogen-bond donors (Lipinski definition) is 0. The summed E-state index contributed by atoms with van der Waals surface area (Å²) in [7, 11) is 2.88. The summed E-state index contributed by atoms with van der Waals surface area (Å²) in [6.07, 6.45) is 2.37. The van der Waals surface area contributed by atoms with Crippen LogP contribution < -0.4 is 0 Å². The molecule has 5 nitrogen and oxygen atoms in total. The van der Waals surface area contributed by atoms with Crippen molar-refractivity contribution in [2.24, 2.45) is 0 Å². The van der Waals surface area contributed by atoms with E-state index in [0.717, 1.165) is 19.3 Å². The number of nitrogens with zero attached hydrogens (tertiary/aromatic N) is 1. The summed E-state index contributed by atoms with van der Waals surface area (Å²) < 4.78 is 9.82. The molecule has 1 saturated heterocycles. The molecule has 0 unspecified atom stereocenters. The Morgan fingerprint density at radius 3 is 2.73 bits per heavy atom. The summed E-state index contributed by atoms with van der Waals surface area (Å²) in [5.74, 6) is -0.554. The summed E-state index contributed by atoms with van der Waals surface area (Å²) in [4.78, 5) is 24.0. The highest BCUT2D eigenvalue weighted by Crippen LogP contribution is 2.14. The van der Waals surface area contributed by atoms with Gasteiger partial charge in [0.15, 0.2) is 0 Å². The first kappa shape index (κ1) is 12.0. The van der Waals surface area contributed by atoms with Gasteiger partial charge in [0.1, 0.15) is 12.6 Å². The predicted octanol–water partition coefficient (Wildman–Crippen LogP) is 0.187. The Balaban J connectivity index is 2.40. The Hall–Kier alpha value is -1.10. The molecule has 0 aromatic heterocycles. The molecule has 1 amide bonds. The first-order valence-corrected chi connectivity index (χ1v) is 5.08. The van der Waals surface area contributed by atoms with Crippen LogP contribution in [0.3, 0.4) is 0 Å². The van der Waals surface area contributed by atoms with E-state index in [1.165, 1.54) is 12.0 Å². The summed E-state index contributed by atoms with van der Waals surface area (Å²) >= 11 is 0. The van der Waals surface area contributed by atoms with Crippen LogP contribution in [0.5, 0.6) is 0 Å². The second-order valence-corrected chi connectivity index (χ2v) is 3.63. The number of rotatable bonds is 3. The van der Waals surface area contributed by atoms with Gasteiger partial charge in [0, 0.05) is 13.7 Å². The van der Waals surface area contributed by atoms with Crippen molar-refractivity contribution in [1.29, 1.82) is 0 Å². The van der Waals surface area contributed by atoms with Crippen LogP contribution in [0.2, 0.25) is 0 Å². The highest BCUT2D eigenvalue weighted by Gasteiger charge is 2.25. The lowest BCUT2D eigenvalue weighted by molar-refractivity contribution is -0.152. The molecule has 0 aromatic carbocycles. The maximum atomic E-state index is 11.7. The number of carbonyl (C=O) groups is 2. The van der Waals surface area contributed by atoms with Crippen molar-refractivity contribution in [3.05, 3.63) is 0 Å². The number of esters is 1. The number of carbonyl (C=O) groups excluding carboxylic acids is 2. The summed E-state index contributed by atoms with van der Waals surface area (Å²) in [6.45, 7) is 0.609. The molecular formula is C10H17NO4. The van der Waals surface area contributed by atoms with E-state index >= 15 is 0 Å². The zero-order valence-electron chi connectivity index (χ0n) is 9.19. The van der Waals surface area contributed by atoms with Crippen LogP contribution in [0, 0.1) is 0 Å². The second-order valence-electron chi connectivity index (χ2n) is 3.63. The molecular weight excluding hydrogens is 198 g/mol. The Morgan fingerprint density at radius 2 is 2.20 bits per heavy atom. The minimum Gasteiger partial charge on any atom is -0.468 e. The fourth-order valence-electron chi connectivity index (χ4n) is 1.52. The van der Waals surface area contributed by atoms with Crippen LogP contribution in [-0.2, 0) is 19.1 Å². The van der Waals surface area contributed by atoms with Gasteiger partial charge in [-0.05, 0) is 19.3 Å². The van der Waals surface area contributed by atoms with Gasteiger partial charge in [-0.1, -0.05) is 0 Å². The van der Waals surface area contributed by atoms with E-state index in [9.17, 15) is 9.59 Å². The average Bonchev–Trinajstić information content (AvgIpc) is 2.29. The lowest BCUT2D eigenvalue weighted by Gasteiger charge is -2.25. The lowest BCUT2D eigenvalue weighted by atomic mass is 10.1. The Kier molecular flexibility index (Phi) is 4.55. The zero-order chi connectivity index (χ0) is 11.3. The molecule has 0 saturated carbocycles. The SMILES string of the molecule is COC(=O)CN(C)C(=O)[C@H]1CCCCO1. The quantitative estimate of drug-likeness (QED) is 0.630. The van der Waals surface area contributed by atoms with Crippen molar-refractivity contribution < 1.29 is 19.1 Å². The summed E-state index contributed by atoms with van der Waals surface area (Å²) in [6, 6.07) is 0. The van der Waals surface area contributed by atoms with Crippen LogP contribution in [-0.4, -0.2) is 50.2 Å². The van der Waals surface area contributed by atoms with Crippen molar-refractivity contribution in [3.63, 3.8) is 0 Å². The van der Waals surface area contributed by atoms with Crippen molar-refractivity contribution in [2.75, 3.05) is 27.3 Å². The fraction of sp³-hybridized carbons (Fsp3) is 0.800. The molecule has 0 spiro atoms. The lowest BCUT2D eigenvalue weighted by Crippen LogP contribution is -2.42. The molecule has 0 radical (unpaired) electrons. The molecule has 1 fully saturated rings. The van der Waals surface area contributed by atoms with E-state index in [0.29, 0.717) is 6.61 Å². The monoisotopic (exact) mass is 215 g/mol. The van der Waals surface area contributed by atoms with Gasteiger partial charge < -0.3 is 14.4 Å². The van der Waals surface area contributed by atoms with Gasteiger partial charge in [-0.15, -0.1) is 0 Å². The van der Waals surface area contributed by atoms with Crippen molar-refractivity contribution in [3.8, 4) is 0 Å². The Bertz CT molecular complexity index is 236. The Morgan fingerprint density at radius 1 is 1.47 bits per heavy atom. The van der Waals surface area contributed by atoms with E-state index in [1.807, 2.05) is 0 Å². The van der Waals surface area contributed by atoms with Crippen LogP contribution >= 0.6 is 0 Å². The van der Waals surface area contributed by atoms with Crippen molar-refractivity contribution in [1.82, 2.24) is 4.90 Å². The van der Waals surface area contributed by atoms with Gasteiger partial charge in [0.2, 0.25) is 0 Å². The molecule has 0 bridgehead atoms. The number of amides is 1. The molecule has 1 aliphatic heterocycles. The van der Waals surface area contributed by atoms with Crippen LogP contribution in [0.15, 0.2) is 0 Å². The molecule has 1 aliphatic rings. The third-order valence-corrected chi connectivity index (χ3v) is 2.43. The van der Waals surface area contributed by atoms with Gasteiger partial charge in [0.05, 0.1) is 7.11 Å². The molecule has 1 heterocycles. The molecule has 1 rings (SSSR count). The minimum absolute atomic E-state index is 0.0187. The number of methoxy groups -OCH3 is 1. The van der Waals surface area contributed by atoms with Gasteiger partial charge in [-0.2, -0.15) is 0 Å². The topological polar surface area (TPSA) is 55.8 Å². The van der Waals surface area contributed by atoms with Gasteiger partial charge in [-0.25, -0.2) is 0 Å². The molecule has 86 valence electrons. The van der Waals surface area contributed by atoms with Crippen molar-refractivity contribution >= 4 is 11.9 Å². The van der Waals surface area contributed by atoms with Crippen LogP contribution in [0.25, 0.3) is 0 Å². The standard InChI is InChI=1S/C10H17NO4/c1-11(7-9(12)14-2)10(13)8-5-3-4-6-15-8/h8H,3-7H2,1-2H3/t8-/m1/s1. The molecule has 0 aliphatic carbocycles. The molecule has 5 heteroatoms. The first-order chi connectivity index (χ1) is 7.15. The van der Waals surface area contributed by atoms with Crippen LogP contribution in [0.4, 0.5) is 0 Å². The average molecular weight is 215 g/mol. The molecule has 0 aromatic rings. The first-order valence-electron chi connectivity index (χ1n) is 5.08. The van der Waals surface area contributed by atoms with E-state index < -0.39 is 5.97 Å². The van der Waals surface area contributed by atoms with E-state index in [-0.39, 0.29) is 18.6 Å². The molecule has 1 atom stereocenters. The minimum atomic E-state index is -0.415. The van der Waals surface area contributed by atoms with E-state index in [1.54, 1.807) is 7.05 Å². The third-order valence-electron chi connectivity index (χ3n) is 2.43. The maximum absolute atomic E-state index is 11.7. The predicted molar refractivity (Wildman–Crippen MR) is 53.2 cm³/mol. The fourth-order valence-corrected chi connectivity index (χ4v) is 1.52. The highest BCUT2D eigenvalue weighted by atomic mass is 16.5. The Labute approximate surface area is 89.3 Å². The highest BCUT2D eigenvalue weighted by molar-refractivity contribution is 5.84. The largest absolute Gasteiger partial charge is 0.468 e. The smallest absolute Gasteiger partial charge is 0.325 e. The number of ether oxygens (including phenoxy) is 2. The maximum Gasteiger partial charge on any atom is 0.325 e. The summed E-state index contributed by atoms with van der Waals surface area (Å²) in [5, 5.41) is 0. The van der Waals surface area contributed by atoms with Gasteiger partial charge in [0.25, 0.3) is 5.91 Å². The van der Waals surface area contributed by atoms with E-state index in [4.69, 9.17) is 4.74 Å². The molecule has 0 N–H and O–H groups in total. The van der Waals surface area contributed by atoms with Crippen LogP contribution in [0.1, 0.15) is 19.3 Å². The van der Waals surface area contributed by atoms with E-state index in [2.05, 4.69) is 4.74 Å². The van der Waals surface area contributed by atoms with Gasteiger partial charge in [-0.3, -0.25) is 9.59 Å². The number of hydrogen-bond acceptors (Lipinski definition) is 4. The number of likely N-dealkylation sites (N-methyl/N-ethyl adjacent to an activating group) is 1. The summed E-state index contributed by atoms with van der Waals surface area (Å²) in [5.41, 5.74) is 0. The molecule has 15 heavy (non-hydrogen) atoms. The zero-order valence-corrected chi connectivity index (χ0v) is 9.19. The van der Waals surface area contributed by atoms with Crippen molar-refractivity contribution in [2.45, 2.75) is 25.4 Å². The normalized spacial score (nSPS) is 20.8. The van der Waals surface area contributed by atoms with Gasteiger partial charge >= 0.3 is 5.97 Å². The second kappa shape index (κ2) is 5.70.